The van der Waals surface area contributed by atoms with Gasteiger partial charge >= 0.3 is 0 Å². The summed E-state index contributed by atoms with van der Waals surface area (Å²) in [6, 6.07) is 18.7. The molecule has 3 fully saturated rings. The molecule has 2 amide bonds. The molecule has 0 bridgehead atoms. The number of ketones is 1. The van der Waals surface area contributed by atoms with E-state index in [4.69, 9.17) is 4.74 Å². The number of allylic oxidation sites excluding steroid dienone is 2. The van der Waals surface area contributed by atoms with Crippen LogP contribution in [0.5, 0.6) is 5.75 Å². The zero-order chi connectivity index (χ0) is 34.2. The van der Waals surface area contributed by atoms with Gasteiger partial charge in [-0.2, -0.15) is 0 Å². The summed E-state index contributed by atoms with van der Waals surface area (Å²) in [6.45, 7) is 1.89. The van der Waals surface area contributed by atoms with Gasteiger partial charge in [0.2, 0.25) is 21.8 Å². The number of fused-ring (bicyclic) bond motifs is 3. The highest BCUT2D eigenvalue weighted by molar-refractivity contribution is 7.91. The predicted molar refractivity (Wildman–Crippen MR) is 187 cm³/mol. The van der Waals surface area contributed by atoms with E-state index >= 15 is 0 Å². The molecule has 9 nitrogen and oxygen atoms in total. The van der Waals surface area contributed by atoms with Gasteiger partial charge in [0.25, 0.3) is 0 Å². The summed E-state index contributed by atoms with van der Waals surface area (Å²) in [4.78, 5) is 49.0. The molecule has 3 heterocycles. The predicted octanol–water partition coefficient (Wildman–Crippen LogP) is 5.93. The quantitative estimate of drug-likeness (QED) is 0.307. The van der Waals surface area contributed by atoms with E-state index in [1.165, 1.54) is 0 Å². The third-order valence-electron chi connectivity index (χ3n) is 11.2. The summed E-state index contributed by atoms with van der Waals surface area (Å²) in [5, 5.41) is 0.850. The van der Waals surface area contributed by atoms with Crippen LogP contribution in [0, 0.1) is 17.3 Å². The molecule has 5 atom stereocenters. The Hall–Kier alpha value is -4.05. The van der Waals surface area contributed by atoms with E-state index in [1.807, 2.05) is 66.7 Å². The van der Waals surface area contributed by atoms with Crippen molar-refractivity contribution in [3.8, 4) is 5.75 Å². The van der Waals surface area contributed by atoms with E-state index in [-0.39, 0.29) is 42.9 Å². The van der Waals surface area contributed by atoms with Gasteiger partial charge in [-0.25, -0.2) is 8.42 Å². The van der Waals surface area contributed by atoms with Gasteiger partial charge < -0.3 is 9.64 Å². The number of hydrogen-bond donors (Lipinski definition) is 1. The molecule has 2 aliphatic heterocycles. The molecular formula is C39H45N3O6S. The number of sulfonamides is 1. The summed E-state index contributed by atoms with van der Waals surface area (Å²) < 4.78 is 34.2. The summed E-state index contributed by atoms with van der Waals surface area (Å²) in [7, 11) is -3.88. The van der Waals surface area contributed by atoms with Crippen LogP contribution in [-0.2, 0) is 30.8 Å². The van der Waals surface area contributed by atoms with Crippen LogP contribution in [0.2, 0.25) is 0 Å². The van der Waals surface area contributed by atoms with Crippen LogP contribution in [0.4, 0.5) is 0 Å². The monoisotopic (exact) mass is 683 g/mol. The van der Waals surface area contributed by atoms with Gasteiger partial charge in [0.05, 0.1) is 28.3 Å². The number of carbonyl (C=O) groups excluding carboxylic acids is 3. The molecule has 10 heteroatoms. The third-order valence-corrected chi connectivity index (χ3v) is 13.4. The van der Waals surface area contributed by atoms with Crippen molar-refractivity contribution >= 4 is 38.5 Å². The minimum Gasteiger partial charge on any atom is -0.488 e. The van der Waals surface area contributed by atoms with Gasteiger partial charge in [-0.3, -0.25) is 24.1 Å². The molecule has 2 saturated carbocycles. The van der Waals surface area contributed by atoms with Crippen LogP contribution in [-0.4, -0.2) is 59.3 Å². The maximum Gasteiger partial charge on any atom is 0.240 e. The number of ether oxygens (including phenoxy) is 1. The van der Waals surface area contributed by atoms with Crippen molar-refractivity contribution in [2.45, 2.75) is 94.4 Å². The van der Waals surface area contributed by atoms with Gasteiger partial charge in [0, 0.05) is 30.3 Å². The lowest BCUT2D eigenvalue weighted by molar-refractivity contribution is -0.142. The standard InChI is InChI=1S/C39H45N3O6S/c1-38(19-20-38)49(46,47)41-37(45)39-24-29(39)15-9-4-2-3-8-14-28(22-27-12-6-5-7-13-27)36(44)42-26-30(23-33(42)34(43)25-39)48-35-18-21-40-32-17-11-10-16-31(32)35/h5-7,9-13,15-18,21,28-30,33H,2-4,8,14,19-20,22-26H2,1H3,(H,41,45)/b15-9-/t28-,29+,30-,33+,39-/m1/s1. The van der Waals surface area contributed by atoms with E-state index in [0.717, 1.165) is 42.1 Å². The Morgan fingerprint density at radius 2 is 1.80 bits per heavy atom. The van der Waals surface area contributed by atoms with Crippen molar-refractivity contribution in [1.29, 1.82) is 0 Å². The molecular weight excluding hydrogens is 639 g/mol. The molecule has 0 radical (unpaired) electrons. The minimum absolute atomic E-state index is 0.0732. The fourth-order valence-corrected chi connectivity index (χ4v) is 9.00. The van der Waals surface area contributed by atoms with E-state index < -0.39 is 38.2 Å². The number of Topliss-reactive ketones (excluding diaryl/α,β-unsaturated/α-hetero) is 1. The number of hydrogen-bond acceptors (Lipinski definition) is 7. The van der Waals surface area contributed by atoms with E-state index in [9.17, 15) is 22.8 Å². The average Bonchev–Trinajstić information content (AvgIpc) is 3.97. The molecule has 2 aromatic carbocycles. The average molecular weight is 684 g/mol. The molecule has 2 aliphatic carbocycles. The molecule has 49 heavy (non-hydrogen) atoms. The molecule has 258 valence electrons. The smallest absolute Gasteiger partial charge is 0.240 e. The number of pyridine rings is 1. The number of aromatic nitrogens is 1. The summed E-state index contributed by atoms with van der Waals surface area (Å²) >= 11 is 0. The topological polar surface area (TPSA) is 123 Å². The molecule has 1 aromatic heterocycles. The van der Waals surface area contributed by atoms with Crippen molar-refractivity contribution in [3.05, 3.63) is 84.6 Å². The normalized spacial score (nSPS) is 29.2. The number of amides is 2. The summed E-state index contributed by atoms with van der Waals surface area (Å²) in [5.74, 6) is -0.822. The van der Waals surface area contributed by atoms with E-state index in [1.54, 1.807) is 18.0 Å². The summed E-state index contributed by atoms with van der Waals surface area (Å²) in [5.41, 5.74) is 0.699. The van der Waals surface area contributed by atoms with Gasteiger partial charge in [0.15, 0.2) is 5.78 Å². The van der Waals surface area contributed by atoms with E-state index in [2.05, 4.69) is 15.8 Å². The second-order valence-electron chi connectivity index (χ2n) is 14.8. The molecule has 3 aromatic rings. The molecule has 7 rings (SSSR count). The second kappa shape index (κ2) is 13.3. The number of para-hydroxylation sites is 1. The molecule has 4 aliphatic rings. The Kier molecular flexibility index (Phi) is 9.11. The first-order chi connectivity index (χ1) is 23.6. The first-order valence-corrected chi connectivity index (χ1v) is 19.2. The van der Waals surface area contributed by atoms with Crippen molar-refractivity contribution < 1.29 is 27.5 Å². The number of nitrogens with one attached hydrogen (secondary N) is 1. The Balaban J connectivity index is 1.20. The van der Waals surface area contributed by atoms with Crippen molar-refractivity contribution in [3.63, 3.8) is 0 Å². The fourth-order valence-electron chi connectivity index (χ4n) is 7.67. The zero-order valence-electron chi connectivity index (χ0n) is 28.1. The largest absolute Gasteiger partial charge is 0.488 e. The fraction of sp³-hybridized carbons (Fsp3) is 0.487. The zero-order valence-corrected chi connectivity index (χ0v) is 28.9. The maximum absolute atomic E-state index is 14.6. The van der Waals surface area contributed by atoms with Crippen molar-refractivity contribution in [2.24, 2.45) is 17.3 Å². The number of carbonyl (C=O) groups is 3. The van der Waals surface area contributed by atoms with Gasteiger partial charge in [-0.15, -0.1) is 0 Å². The Labute approximate surface area is 288 Å². The van der Waals surface area contributed by atoms with E-state index in [0.29, 0.717) is 37.9 Å². The third kappa shape index (κ3) is 6.89. The SMILES string of the molecule is CC1(S(=O)(=O)NC(=O)[C@]23CC(=O)[C@@H]4C[C@@H](Oc5ccnc6ccccc56)CN4C(=O)[C@@H](Cc4ccccc4)CCCCC/C=C\[C@H]2C3)CC1. The lowest BCUT2D eigenvalue weighted by atomic mass is 9.90. The molecule has 1 saturated heterocycles. The number of nitrogens with zero attached hydrogens (tertiary/aromatic N) is 2. The van der Waals surface area contributed by atoms with Crippen molar-refractivity contribution in [1.82, 2.24) is 14.6 Å². The highest BCUT2D eigenvalue weighted by atomic mass is 32.2. The van der Waals surface area contributed by atoms with Gasteiger partial charge in [0.1, 0.15) is 11.9 Å². The van der Waals surface area contributed by atoms with Gasteiger partial charge in [-0.1, -0.05) is 67.5 Å². The highest BCUT2D eigenvalue weighted by Gasteiger charge is 2.62. The van der Waals surface area contributed by atoms with Crippen LogP contribution in [0.1, 0.15) is 76.7 Å². The number of benzene rings is 2. The van der Waals surface area contributed by atoms with Crippen LogP contribution in [0.25, 0.3) is 10.9 Å². The lowest BCUT2D eigenvalue weighted by Gasteiger charge is -2.29. The van der Waals surface area contributed by atoms with Crippen LogP contribution >= 0.6 is 0 Å². The van der Waals surface area contributed by atoms with Crippen LogP contribution in [0.3, 0.4) is 0 Å². The first-order valence-electron chi connectivity index (χ1n) is 17.7. The Morgan fingerprint density at radius 1 is 1.02 bits per heavy atom. The van der Waals surface area contributed by atoms with Gasteiger partial charge in [-0.05, 0) is 81.5 Å². The molecule has 0 unspecified atom stereocenters. The Bertz CT molecular complexity index is 1870. The molecule has 0 spiro atoms. The highest BCUT2D eigenvalue weighted by Crippen LogP contribution is 2.57. The number of rotatable bonds is 7. The summed E-state index contributed by atoms with van der Waals surface area (Å²) in [6.07, 6.45) is 11.8. The first kappa shape index (κ1) is 33.4. The Morgan fingerprint density at radius 3 is 2.59 bits per heavy atom. The van der Waals surface area contributed by atoms with Crippen molar-refractivity contribution in [2.75, 3.05) is 6.54 Å². The van der Waals surface area contributed by atoms with Crippen LogP contribution < -0.4 is 9.46 Å². The molecule has 1 N–H and O–H groups in total. The van der Waals surface area contributed by atoms with Crippen LogP contribution in [0.15, 0.2) is 79.0 Å². The second-order valence-corrected chi connectivity index (χ2v) is 17.0. The lowest BCUT2D eigenvalue weighted by Crippen LogP contribution is -2.47. The minimum atomic E-state index is -3.88. The maximum atomic E-state index is 14.6.